The second kappa shape index (κ2) is 9.86. The summed E-state index contributed by atoms with van der Waals surface area (Å²) in [7, 11) is -4.00. The number of halogens is 2. The first-order chi connectivity index (χ1) is 15.8. The summed E-state index contributed by atoms with van der Waals surface area (Å²) in [6.45, 7) is 0. The minimum absolute atomic E-state index is 0.0468. The van der Waals surface area contributed by atoms with Crippen LogP contribution in [0.15, 0.2) is 104 Å². The van der Waals surface area contributed by atoms with Gasteiger partial charge < -0.3 is 4.18 Å². The van der Waals surface area contributed by atoms with E-state index in [0.717, 1.165) is 10.8 Å². The van der Waals surface area contributed by atoms with Gasteiger partial charge in [0.25, 0.3) is 5.91 Å². The van der Waals surface area contributed by atoms with E-state index in [-0.39, 0.29) is 16.6 Å². The number of hydrogen-bond donors (Lipinski definition) is 1. The highest BCUT2D eigenvalue weighted by molar-refractivity contribution is 9.11. The molecule has 0 heterocycles. The van der Waals surface area contributed by atoms with E-state index in [1.54, 1.807) is 36.4 Å². The number of carbonyl (C=O) groups excluding carboxylic acids is 1. The SMILES string of the molecule is O=C(N/N=C\c1cc(Br)c(OS(=O)(=O)c2ccccc2)c(Br)c1)c1cccc2ccccc12. The van der Waals surface area contributed by atoms with Gasteiger partial charge in [0.05, 0.1) is 15.2 Å². The summed E-state index contributed by atoms with van der Waals surface area (Å²) in [6.07, 6.45) is 1.45. The van der Waals surface area contributed by atoms with E-state index in [2.05, 4.69) is 42.4 Å². The van der Waals surface area contributed by atoms with Gasteiger partial charge in [-0.1, -0.05) is 54.6 Å². The highest BCUT2D eigenvalue weighted by Gasteiger charge is 2.20. The van der Waals surface area contributed by atoms with E-state index >= 15 is 0 Å². The number of rotatable bonds is 6. The average Bonchev–Trinajstić information content (AvgIpc) is 2.81. The third kappa shape index (κ3) is 5.32. The van der Waals surface area contributed by atoms with Crippen molar-refractivity contribution in [2.75, 3.05) is 0 Å². The van der Waals surface area contributed by atoms with Crippen molar-refractivity contribution in [1.29, 1.82) is 0 Å². The Morgan fingerprint density at radius 3 is 2.24 bits per heavy atom. The van der Waals surface area contributed by atoms with Gasteiger partial charge in [-0.25, -0.2) is 5.43 Å². The zero-order valence-electron chi connectivity index (χ0n) is 16.9. The Kier molecular flexibility index (Phi) is 6.92. The summed E-state index contributed by atoms with van der Waals surface area (Å²) < 4.78 is 31.2. The Bertz CT molecular complexity index is 1440. The van der Waals surface area contributed by atoms with Gasteiger partial charge in [0.2, 0.25) is 0 Å². The van der Waals surface area contributed by atoms with E-state index in [9.17, 15) is 13.2 Å². The molecule has 4 aromatic rings. The van der Waals surface area contributed by atoms with Crippen molar-refractivity contribution >= 4 is 64.9 Å². The summed E-state index contributed by atoms with van der Waals surface area (Å²) >= 11 is 6.68. The maximum atomic E-state index is 12.6. The quantitative estimate of drug-likeness (QED) is 0.173. The summed E-state index contributed by atoms with van der Waals surface area (Å²) in [5.41, 5.74) is 3.65. The lowest BCUT2D eigenvalue weighted by Gasteiger charge is -2.11. The molecule has 6 nitrogen and oxygen atoms in total. The molecule has 0 saturated carbocycles. The molecule has 0 spiro atoms. The van der Waals surface area contributed by atoms with Crippen LogP contribution in [0, 0.1) is 0 Å². The van der Waals surface area contributed by atoms with Crippen LogP contribution in [-0.2, 0) is 10.1 Å². The molecule has 0 aliphatic heterocycles. The Hall–Kier alpha value is -3.01. The monoisotopic (exact) mass is 586 g/mol. The van der Waals surface area contributed by atoms with Crippen molar-refractivity contribution in [3.05, 3.63) is 105 Å². The van der Waals surface area contributed by atoms with Gasteiger partial charge in [0, 0.05) is 5.56 Å². The molecule has 166 valence electrons. The first-order valence-corrected chi connectivity index (χ1v) is 12.6. The molecular weight excluding hydrogens is 572 g/mol. The molecule has 4 aromatic carbocycles. The molecule has 0 bridgehead atoms. The molecule has 0 fully saturated rings. The number of amides is 1. The van der Waals surface area contributed by atoms with Crippen LogP contribution in [0.4, 0.5) is 0 Å². The van der Waals surface area contributed by atoms with Gasteiger partial charge in [-0.05, 0) is 78.5 Å². The summed E-state index contributed by atoms with van der Waals surface area (Å²) in [4.78, 5) is 12.6. The highest BCUT2D eigenvalue weighted by atomic mass is 79.9. The topological polar surface area (TPSA) is 84.8 Å². The van der Waals surface area contributed by atoms with Crippen molar-refractivity contribution in [1.82, 2.24) is 5.43 Å². The maximum Gasteiger partial charge on any atom is 0.339 e. The minimum Gasteiger partial charge on any atom is -0.377 e. The molecule has 9 heteroatoms. The van der Waals surface area contributed by atoms with E-state index in [1.807, 2.05) is 36.4 Å². The lowest BCUT2D eigenvalue weighted by Crippen LogP contribution is -2.17. The van der Waals surface area contributed by atoms with Gasteiger partial charge in [0.15, 0.2) is 5.75 Å². The number of nitrogens with zero attached hydrogens (tertiary/aromatic N) is 1. The van der Waals surface area contributed by atoms with Gasteiger partial charge in [-0.2, -0.15) is 13.5 Å². The largest absolute Gasteiger partial charge is 0.377 e. The molecule has 0 aromatic heterocycles. The molecule has 0 aliphatic carbocycles. The van der Waals surface area contributed by atoms with E-state index in [1.165, 1.54) is 18.3 Å². The molecule has 1 amide bonds. The molecule has 0 aliphatic rings. The summed E-state index contributed by atoms with van der Waals surface area (Å²) in [6, 6.07) is 24.2. The Balaban J connectivity index is 1.51. The number of nitrogens with one attached hydrogen (secondary N) is 1. The van der Waals surface area contributed by atoms with Crippen molar-refractivity contribution in [3.8, 4) is 5.75 Å². The van der Waals surface area contributed by atoms with Gasteiger partial charge in [-0.15, -0.1) is 0 Å². The first-order valence-electron chi connectivity index (χ1n) is 9.65. The van der Waals surface area contributed by atoms with E-state index in [0.29, 0.717) is 20.1 Å². The fourth-order valence-electron chi connectivity index (χ4n) is 3.13. The second-order valence-electron chi connectivity index (χ2n) is 6.89. The predicted molar refractivity (Wildman–Crippen MR) is 135 cm³/mol. The lowest BCUT2D eigenvalue weighted by molar-refractivity contribution is 0.0956. The molecular formula is C24H16Br2N2O4S. The Labute approximate surface area is 207 Å². The predicted octanol–water partition coefficient (Wildman–Crippen LogP) is 5.90. The molecule has 4 rings (SSSR count). The lowest BCUT2D eigenvalue weighted by atomic mass is 10.0. The number of hydrazone groups is 1. The average molecular weight is 588 g/mol. The van der Waals surface area contributed by atoms with Crippen molar-refractivity contribution in [3.63, 3.8) is 0 Å². The Morgan fingerprint density at radius 1 is 0.879 bits per heavy atom. The second-order valence-corrected chi connectivity index (χ2v) is 10.1. The fraction of sp³-hybridized carbons (Fsp3) is 0. The van der Waals surface area contributed by atoms with Crippen LogP contribution in [0.1, 0.15) is 15.9 Å². The molecule has 33 heavy (non-hydrogen) atoms. The number of hydrogen-bond acceptors (Lipinski definition) is 5. The van der Waals surface area contributed by atoms with Crippen LogP contribution < -0.4 is 9.61 Å². The molecule has 0 radical (unpaired) electrons. The van der Waals surface area contributed by atoms with Gasteiger partial charge >= 0.3 is 10.1 Å². The van der Waals surface area contributed by atoms with Crippen LogP contribution in [0.3, 0.4) is 0 Å². The summed E-state index contributed by atoms with van der Waals surface area (Å²) in [5, 5.41) is 5.83. The van der Waals surface area contributed by atoms with Crippen LogP contribution >= 0.6 is 31.9 Å². The third-order valence-corrected chi connectivity index (χ3v) is 7.07. The van der Waals surface area contributed by atoms with Crippen LogP contribution in [0.5, 0.6) is 5.75 Å². The van der Waals surface area contributed by atoms with Crippen LogP contribution in [0.2, 0.25) is 0 Å². The standard InChI is InChI=1S/C24H16Br2N2O4S/c25-21-13-16(14-22(26)23(21)32-33(30,31)18-9-2-1-3-10-18)15-27-28-24(29)20-12-6-8-17-7-4-5-11-19(17)20/h1-15H,(H,28,29)/b27-15-. The first kappa shape index (κ1) is 23.2. The minimum atomic E-state index is -4.00. The third-order valence-electron chi connectivity index (χ3n) is 4.66. The van der Waals surface area contributed by atoms with E-state index < -0.39 is 10.1 Å². The van der Waals surface area contributed by atoms with Gasteiger partial charge in [0.1, 0.15) is 4.90 Å². The molecule has 0 unspecified atom stereocenters. The van der Waals surface area contributed by atoms with Crippen molar-refractivity contribution in [2.24, 2.45) is 5.10 Å². The molecule has 0 saturated heterocycles. The maximum absolute atomic E-state index is 12.6. The van der Waals surface area contributed by atoms with E-state index in [4.69, 9.17) is 4.18 Å². The highest BCUT2D eigenvalue weighted by Crippen LogP contribution is 2.36. The zero-order chi connectivity index (χ0) is 23.4. The molecule has 1 N–H and O–H groups in total. The van der Waals surface area contributed by atoms with Crippen molar-refractivity contribution < 1.29 is 17.4 Å². The summed E-state index contributed by atoms with van der Waals surface area (Å²) in [5.74, 6) is -0.231. The number of benzene rings is 4. The zero-order valence-corrected chi connectivity index (χ0v) is 20.9. The number of carbonyl (C=O) groups is 1. The van der Waals surface area contributed by atoms with Gasteiger partial charge in [-0.3, -0.25) is 4.79 Å². The molecule has 0 atom stereocenters. The smallest absolute Gasteiger partial charge is 0.339 e. The Morgan fingerprint density at radius 2 is 1.52 bits per heavy atom. The fourth-order valence-corrected chi connectivity index (χ4v) is 5.71. The van der Waals surface area contributed by atoms with Crippen LogP contribution in [-0.4, -0.2) is 20.5 Å². The number of fused-ring (bicyclic) bond motifs is 1. The normalized spacial score (nSPS) is 11.6. The van der Waals surface area contributed by atoms with Crippen molar-refractivity contribution in [2.45, 2.75) is 4.90 Å². The van der Waals surface area contributed by atoms with Crippen LogP contribution in [0.25, 0.3) is 10.8 Å².